The van der Waals surface area contributed by atoms with Crippen molar-refractivity contribution in [1.82, 2.24) is 15.5 Å². The van der Waals surface area contributed by atoms with E-state index in [1.807, 2.05) is 12.1 Å². The number of nitrogens with zero attached hydrogens (tertiary/aromatic N) is 3. The Morgan fingerprint density at radius 3 is 2.59 bits per heavy atom. The number of guanidine groups is 1. The summed E-state index contributed by atoms with van der Waals surface area (Å²) in [5.41, 5.74) is 1.26. The van der Waals surface area contributed by atoms with Gasteiger partial charge < -0.3 is 30.1 Å². The van der Waals surface area contributed by atoms with Crippen LogP contribution in [0.15, 0.2) is 29.3 Å². The summed E-state index contributed by atoms with van der Waals surface area (Å²) < 4.78 is 10.8. The molecule has 8 heteroatoms. The molecule has 0 spiro atoms. The summed E-state index contributed by atoms with van der Waals surface area (Å²) in [7, 11) is 1.70. The van der Waals surface area contributed by atoms with Crippen molar-refractivity contribution < 1.29 is 14.6 Å². The summed E-state index contributed by atoms with van der Waals surface area (Å²) in [6, 6.07) is 8.34. The average molecular weight is 448 g/mol. The van der Waals surface area contributed by atoms with Crippen LogP contribution >= 0.6 is 0 Å². The molecule has 3 rings (SSSR count). The summed E-state index contributed by atoms with van der Waals surface area (Å²) >= 11 is 0. The van der Waals surface area contributed by atoms with Crippen LogP contribution in [0.25, 0.3) is 0 Å². The number of methoxy groups -OCH3 is 1. The van der Waals surface area contributed by atoms with Crippen molar-refractivity contribution >= 4 is 11.6 Å². The predicted octanol–water partition coefficient (Wildman–Crippen LogP) is 1.55. The maximum absolute atomic E-state index is 9.41. The molecule has 8 nitrogen and oxygen atoms in total. The molecule has 0 amide bonds. The van der Waals surface area contributed by atoms with Crippen LogP contribution in [-0.4, -0.2) is 95.3 Å². The van der Waals surface area contributed by atoms with E-state index in [1.165, 1.54) is 5.69 Å². The quantitative estimate of drug-likeness (QED) is 0.270. The largest absolute Gasteiger partial charge is 0.497 e. The minimum atomic E-state index is -0.0132. The van der Waals surface area contributed by atoms with Crippen LogP contribution in [0.2, 0.25) is 0 Å². The Kier molecular flexibility index (Phi) is 9.89. The summed E-state index contributed by atoms with van der Waals surface area (Å²) in [6.45, 7) is 11.5. The lowest BCUT2D eigenvalue weighted by molar-refractivity contribution is 0.131. The molecule has 3 N–H and O–H groups in total. The number of aliphatic imine (C=N–C) groups is 1. The summed E-state index contributed by atoms with van der Waals surface area (Å²) in [6.07, 6.45) is 2.80. The van der Waals surface area contributed by atoms with E-state index >= 15 is 0 Å². The predicted molar refractivity (Wildman–Crippen MR) is 130 cm³/mol. The molecule has 2 heterocycles. The van der Waals surface area contributed by atoms with Crippen LogP contribution in [0.3, 0.4) is 0 Å². The van der Waals surface area contributed by atoms with Gasteiger partial charge in [0.1, 0.15) is 5.75 Å². The highest BCUT2D eigenvalue weighted by Gasteiger charge is 2.34. The van der Waals surface area contributed by atoms with Crippen LogP contribution in [0, 0.1) is 5.41 Å². The van der Waals surface area contributed by atoms with E-state index in [4.69, 9.17) is 14.5 Å². The van der Waals surface area contributed by atoms with E-state index in [0.717, 1.165) is 83.4 Å². The molecule has 1 atom stereocenters. The Hall–Kier alpha value is -2.03. The first-order chi connectivity index (χ1) is 15.7. The standard InChI is InChI=1S/C24H41N5O3/c1-3-25-23(27-19-24(9-17-30)10-18-32-20-24)26-11-4-12-28-13-15-29(16-14-28)21-5-7-22(31-2)8-6-21/h5-8,30H,3-4,9-20H2,1-2H3,(H2,25,26,27). The number of piperazine rings is 1. The number of hydrogen-bond donors (Lipinski definition) is 3. The molecule has 0 aliphatic carbocycles. The van der Waals surface area contributed by atoms with Crippen LogP contribution in [0.4, 0.5) is 5.69 Å². The van der Waals surface area contributed by atoms with E-state index in [9.17, 15) is 5.11 Å². The van der Waals surface area contributed by atoms with Crippen molar-refractivity contribution in [3.63, 3.8) is 0 Å². The molecule has 2 aliphatic heterocycles. The fourth-order valence-corrected chi connectivity index (χ4v) is 4.41. The first kappa shape index (κ1) is 24.6. The van der Waals surface area contributed by atoms with Crippen molar-refractivity contribution in [2.24, 2.45) is 10.4 Å². The molecular formula is C24H41N5O3. The van der Waals surface area contributed by atoms with Gasteiger partial charge in [-0.3, -0.25) is 9.89 Å². The molecule has 1 aromatic carbocycles. The molecule has 2 saturated heterocycles. The lowest BCUT2D eigenvalue weighted by atomic mass is 9.84. The maximum Gasteiger partial charge on any atom is 0.191 e. The number of rotatable bonds is 11. The summed E-state index contributed by atoms with van der Waals surface area (Å²) in [4.78, 5) is 9.78. The lowest BCUT2D eigenvalue weighted by Gasteiger charge is -2.36. The number of aliphatic hydroxyl groups is 1. The van der Waals surface area contributed by atoms with Gasteiger partial charge in [0.15, 0.2) is 5.96 Å². The van der Waals surface area contributed by atoms with Crippen LogP contribution in [0.5, 0.6) is 5.75 Å². The highest BCUT2D eigenvalue weighted by Crippen LogP contribution is 2.32. The fraction of sp³-hybridized carbons (Fsp3) is 0.708. The number of anilines is 1. The van der Waals surface area contributed by atoms with Crippen molar-refractivity contribution in [3.05, 3.63) is 24.3 Å². The van der Waals surface area contributed by atoms with Crippen molar-refractivity contribution in [3.8, 4) is 5.75 Å². The van der Waals surface area contributed by atoms with Crippen molar-refractivity contribution in [2.45, 2.75) is 26.2 Å². The van der Waals surface area contributed by atoms with Gasteiger partial charge in [-0.2, -0.15) is 0 Å². The van der Waals surface area contributed by atoms with Gasteiger partial charge in [-0.15, -0.1) is 0 Å². The third kappa shape index (κ3) is 7.25. The fourth-order valence-electron chi connectivity index (χ4n) is 4.41. The smallest absolute Gasteiger partial charge is 0.191 e. The van der Waals surface area contributed by atoms with Crippen LogP contribution < -0.4 is 20.3 Å². The lowest BCUT2D eigenvalue weighted by Crippen LogP contribution is -2.47. The molecule has 1 aromatic rings. The van der Waals surface area contributed by atoms with E-state index in [1.54, 1.807) is 7.11 Å². The Bertz CT molecular complexity index is 683. The van der Waals surface area contributed by atoms with Crippen LogP contribution in [0.1, 0.15) is 26.2 Å². The number of benzene rings is 1. The van der Waals surface area contributed by atoms with Gasteiger partial charge in [-0.05, 0) is 57.0 Å². The van der Waals surface area contributed by atoms with Gasteiger partial charge in [0.2, 0.25) is 0 Å². The van der Waals surface area contributed by atoms with Gasteiger partial charge in [-0.1, -0.05) is 0 Å². The molecule has 0 saturated carbocycles. The number of nitrogens with one attached hydrogen (secondary N) is 2. The second-order valence-electron chi connectivity index (χ2n) is 8.78. The topological polar surface area (TPSA) is 81.6 Å². The van der Waals surface area contributed by atoms with E-state index in [-0.39, 0.29) is 12.0 Å². The third-order valence-corrected chi connectivity index (χ3v) is 6.50. The van der Waals surface area contributed by atoms with E-state index in [2.05, 4.69) is 39.5 Å². The molecule has 0 bridgehead atoms. The second-order valence-corrected chi connectivity index (χ2v) is 8.78. The minimum absolute atomic E-state index is 0.0132. The van der Waals surface area contributed by atoms with E-state index in [0.29, 0.717) is 13.2 Å². The highest BCUT2D eigenvalue weighted by molar-refractivity contribution is 5.79. The van der Waals surface area contributed by atoms with Gasteiger partial charge in [0.25, 0.3) is 0 Å². The van der Waals surface area contributed by atoms with E-state index < -0.39 is 0 Å². The monoisotopic (exact) mass is 447 g/mol. The highest BCUT2D eigenvalue weighted by atomic mass is 16.5. The Morgan fingerprint density at radius 2 is 1.97 bits per heavy atom. The normalized spacial score (nSPS) is 22.2. The van der Waals surface area contributed by atoms with Gasteiger partial charge in [0, 0.05) is 63.6 Å². The van der Waals surface area contributed by atoms with Gasteiger partial charge in [-0.25, -0.2) is 0 Å². The number of aliphatic hydroxyl groups excluding tert-OH is 1. The first-order valence-electron chi connectivity index (χ1n) is 12.0. The number of hydrogen-bond acceptors (Lipinski definition) is 6. The zero-order valence-corrected chi connectivity index (χ0v) is 19.8. The minimum Gasteiger partial charge on any atom is -0.497 e. The van der Waals surface area contributed by atoms with Crippen molar-refractivity contribution in [1.29, 1.82) is 0 Å². The Labute approximate surface area is 193 Å². The molecule has 2 fully saturated rings. The first-order valence-corrected chi connectivity index (χ1v) is 12.0. The Balaban J connectivity index is 1.37. The average Bonchev–Trinajstić information content (AvgIpc) is 3.29. The maximum atomic E-state index is 9.41. The molecule has 2 aliphatic rings. The molecule has 180 valence electrons. The molecule has 0 aromatic heterocycles. The molecule has 0 radical (unpaired) electrons. The molecular weight excluding hydrogens is 406 g/mol. The van der Waals surface area contributed by atoms with Gasteiger partial charge >= 0.3 is 0 Å². The Morgan fingerprint density at radius 1 is 1.19 bits per heavy atom. The zero-order valence-electron chi connectivity index (χ0n) is 19.8. The number of ether oxygens (including phenoxy) is 2. The third-order valence-electron chi connectivity index (χ3n) is 6.50. The van der Waals surface area contributed by atoms with Crippen molar-refractivity contribution in [2.75, 3.05) is 84.2 Å². The van der Waals surface area contributed by atoms with Gasteiger partial charge in [0.05, 0.1) is 20.3 Å². The summed E-state index contributed by atoms with van der Waals surface area (Å²) in [5, 5.41) is 16.2. The molecule has 32 heavy (non-hydrogen) atoms. The van der Waals surface area contributed by atoms with Crippen LogP contribution in [-0.2, 0) is 4.74 Å². The molecule has 1 unspecified atom stereocenters. The second kappa shape index (κ2) is 12.9. The SMILES string of the molecule is CCNC(=NCC1(CCO)CCOC1)NCCCN1CCN(c2ccc(OC)cc2)CC1. The zero-order chi connectivity index (χ0) is 22.7. The summed E-state index contributed by atoms with van der Waals surface area (Å²) in [5.74, 6) is 1.77.